The Labute approximate surface area is 69.2 Å². The zero-order valence-corrected chi connectivity index (χ0v) is 7.29. The van der Waals surface area contributed by atoms with E-state index in [1.54, 1.807) is 0 Å². The molecular weight excluding hydrogens is 134 g/mol. The SMILES string of the molecule is C=CC1CCCCC1N=CC. The Morgan fingerprint density at radius 2 is 2.09 bits per heavy atom. The van der Waals surface area contributed by atoms with Crippen LogP contribution in [0.2, 0.25) is 0 Å². The van der Waals surface area contributed by atoms with Gasteiger partial charge in [0.2, 0.25) is 0 Å². The van der Waals surface area contributed by atoms with E-state index in [0.717, 1.165) is 0 Å². The van der Waals surface area contributed by atoms with Gasteiger partial charge in [-0.15, -0.1) is 6.58 Å². The Kier molecular flexibility index (Phi) is 3.34. The van der Waals surface area contributed by atoms with Gasteiger partial charge in [0.25, 0.3) is 0 Å². The molecule has 1 aliphatic rings. The highest BCUT2D eigenvalue weighted by Crippen LogP contribution is 2.27. The molecule has 0 bridgehead atoms. The first-order chi connectivity index (χ1) is 5.38. The average Bonchev–Trinajstić information content (AvgIpc) is 2.06. The van der Waals surface area contributed by atoms with Crippen LogP contribution < -0.4 is 0 Å². The lowest BCUT2D eigenvalue weighted by atomic mass is 9.85. The highest BCUT2D eigenvalue weighted by molar-refractivity contribution is 5.53. The summed E-state index contributed by atoms with van der Waals surface area (Å²) in [4.78, 5) is 4.44. The summed E-state index contributed by atoms with van der Waals surface area (Å²) < 4.78 is 0. The molecule has 2 atom stereocenters. The van der Waals surface area contributed by atoms with Crippen molar-refractivity contribution in [3.05, 3.63) is 12.7 Å². The molecule has 1 rings (SSSR count). The van der Waals surface area contributed by atoms with Crippen LogP contribution in [0.3, 0.4) is 0 Å². The number of hydrogen-bond acceptors (Lipinski definition) is 1. The minimum atomic E-state index is 0.534. The average molecular weight is 151 g/mol. The number of rotatable bonds is 2. The maximum Gasteiger partial charge on any atom is 0.0558 e. The van der Waals surface area contributed by atoms with Gasteiger partial charge in [-0.2, -0.15) is 0 Å². The van der Waals surface area contributed by atoms with Crippen molar-refractivity contribution in [2.75, 3.05) is 0 Å². The van der Waals surface area contributed by atoms with Gasteiger partial charge >= 0.3 is 0 Å². The van der Waals surface area contributed by atoms with E-state index in [1.807, 2.05) is 13.1 Å². The third-order valence-corrected chi connectivity index (χ3v) is 2.42. The Hall–Kier alpha value is -0.590. The van der Waals surface area contributed by atoms with Crippen LogP contribution in [-0.2, 0) is 0 Å². The van der Waals surface area contributed by atoms with Crippen LogP contribution in [0.25, 0.3) is 0 Å². The molecule has 1 fully saturated rings. The van der Waals surface area contributed by atoms with Crippen molar-refractivity contribution in [3.63, 3.8) is 0 Å². The maximum atomic E-state index is 4.44. The lowest BCUT2D eigenvalue weighted by Crippen LogP contribution is -2.20. The second-order valence-electron chi connectivity index (χ2n) is 3.16. The van der Waals surface area contributed by atoms with Gasteiger partial charge in [0.05, 0.1) is 6.04 Å². The van der Waals surface area contributed by atoms with Crippen molar-refractivity contribution in [2.24, 2.45) is 10.9 Å². The molecular formula is C10H17N. The van der Waals surface area contributed by atoms with Crippen LogP contribution >= 0.6 is 0 Å². The van der Waals surface area contributed by atoms with E-state index < -0.39 is 0 Å². The Bertz CT molecular complexity index is 149. The molecule has 0 aromatic heterocycles. The molecule has 0 aliphatic heterocycles. The Balaban J connectivity index is 2.50. The molecule has 1 nitrogen and oxygen atoms in total. The fraction of sp³-hybridized carbons (Fsp3) is 0.700. The van der Waals surface area contributed by atoms with Gasteiger partial charge in [-0.05, 0) is 31.9 Å². The first-order valence-corrected chi connectivity index (χ1v) is 4.49. The minimum Gasteiger partial charge on any atom is -0.294 e. The van der Waals surface area contributed by atoms with E-state index in [4.69, 9.17) is 0 Å². The van der Waals surface area contributed by atoms with Crippen LogP contribution in [0, 0.1) is 5.92 Å². The molecule has 1 saturated carbocycles. The van der Waals surface area contributed by atoms with Crippen molar-refractivity contribution in [1.29, 1.82) is 0 Å². The number of aliphatic imine (C=N–C) groups is 1. The largest absolute Gasteiger partial charge is 0.294 e. The smallest absolute Gasteiger partial charge is 0.0558 e. The van der Waals surface area contributed by atoms with Crippen molar-refractivity contribution in [1.82, 2.24) is 0 Å². The molecule has 1 heteroatoms. The van der Waals surface area contributed by atoms with Crippen molar-refractivity contribution >= 4 is 6.21 Å². The quantitative estimate of drug-likeness (QED) is 0.425. The second-order valence-corrected chi connectivity index (χ2v) is 3.16. The summed E-state index contributed by atoms with van der Waals surface area (Å²) in [7, 11) is 0. The van der Waals surface area contributed by atoms with Gasteiger partial charge in [-0.3, -0.25) is 4.99 Å². The summed E-state index contributed by atoms with van der Waals surface area (Å²) in [5.74, 6) is 0.639. The molecule has 0 spiro atoms. The van der Waals surface area contributed by atoms with E-state index in [1.165, 1.54) is 25.7 Å². The van der Waals surface area contributed by atoms with Gasteiger partial charge < -0.3 is 0 Å². The van der Waals surface area contributed by atoms with Gasteiger partial charge in [-0.1, -0.05) is 18.9 Å². The van der Waals surface area contributed by atoms with Crippen molar-refractivity contribution in [3.8, 4) is 0 Å². The minimum absolute atomic E-state index is 0.534. The Morgan fingerprint density at radius 1 is 1.36 bits per heavy atom. The lowest BCUT2D eigenvalue weighted by molar-refractivity contribution is 0.365. The monoisotopic (exact) mass is 151 g/mol. The first-order valence-electron chi connectivity index (χ1n) is 4.49. The molecule has 0 N–H and O–H groups in total. The third kappa shape index (κ3) is 2.18. The molecule has 0 heterocycles. The van der Waals surface area contributed by atoms with E-state index in [9.17, 15) is 0 Å². The molecule has 0 aromatic rings. The fourth-order valence-corrected chi connectivity index (χ4v) is 1.79. The summed E-state index contributed by atoms with van der Waals surface area (Å²) in [5, 5.41) is 0. The highest BCUT2D eigenvalue weighted by Gasteiger charge is 2.20. The standard InChI is InChI=1S/C10H17N/c1-3-9-7-5-6-8-10(9)11-4-2/h3-4,9-10H,1,5-8H2,2H3. The lowest BCUT2D eigenvalue weighted by Gasteiger charge is -2.25. The molecule has 62 valence electrons. The topological polar surface area (TPSA) is 12.4 Å². The molecule has 0 saturated heterocycles. The number of hydrogen-bond donors (Lipinski definition) is 0. The summed E-state index contributed by atoms with van der Waals surface area (Å²) in [6.45, 7) is 5.84. The van der Waals surface area contributed by atoms with Gasteiger partial charge in [0, 0.05) is 0 Å². The normalized spacial score (nSPS) is 32.5. The van der Waals surface area contributed by atoms with E-state index >= 15 is 0 Å². The predicted octanol–water partition coefficient (Wildman–Crippen LogP) is 2.82. The van der Waals surface area contributed by atoms with E-state index in [0.29, 0.717) is 12.0 Å². The summed E-state index contributed by atoms with van der Waals surface area (Å²) >= 11 is 0. The van der Waals surface area contributed by atoms with Gasteiger partial charge in [0.15, 0.2) is 0 Å². The van der Waals surface area contributed by atoms with Crippen LogP contribution in [0.1, 0.15) is 32.6 Å². The third-order valence-electron chi connectivity index (χ3n) is 2.42. The summed E-state index contributed by atoms with van der Waals surface area (Å²) in [5.41, 5.74) is 0. The first kappa shape index (κ1) is 8.51. The van der Waals surface area contributed by atoms with E-state index in [-0.39, 0.29) is 0 Å². The molecule has 0 aromatic carbocycles. The van der Waals surface area contributed by atoms with Crippen LogP contribution in [0.5, 0.6) is 0 Å². The number of nitrogens with zero attached hydrogens (tertiary/aromatic N) is 1. The summed E-state index contributed by atoms with van der Waals surface area (Å²) in [6.07, 6.45) is 9.22. The Morgan fingerprint density at radius 3 is 2.73 bits per heavy atom. The highest BCUT2D eigenvalue weighted by atomic mass is 14.8. The van der Waals surface area contributed by atoms with Crippen molar-refractivity contribution < 1.29 is 0 Å². The molecule has 2 unspecified atom stereocenters. The van der Waals surface area contributed by atoms with Gasteiger partial charge in [-0.25, -0.2) is 0 Å². The van der Waals surface area contributed by atoms with Crippen LogP contribution in [0.15, 0.2) is 17.6 Å². The summed E-state index contributed by atoms with van der Waals surface area (Å²) in [6, 6.07) is 0.534. The van der Waals surface area contributed by atoms with Crippen molar-refractivity contribution in [2.45, 2.75) is 38.6 Å². The van der Waals surface area contributed by atoms with Gasteiger partial charge in [0.1, 0.15) is 0 Å². The van der Waals surface area contributed by atoms with Crippen LogP contribution in [0.4, 0.5) is 0 Å². The molecule has 0 amide bonds. The second kappa shape index (κ2) is 4.32. The molecule has 1 aliphatic carbocycles. The zero-order valence-electron chi connectivity index (χ0n) is 7.29. The van der Waals surface area contributed by atoms with E-state index in [2.05, 4.69) is 17.6 Å². The maximum absolute atomic E-state index is 4.44. The van der Waals surface area contributed by atoms with Crippen LogP contribution in [-0.4, -0.2) is 12.3 Å². The fourth-order valence-electron chi connectivity index (χ4n) is 1.79. The molecule has 0 radical (unpaired) electrons. The molecule has 11 heavy (non-hydrogen) atoms. The predicted molar refractivity (Wildman–Crippen MR) is 50.1 cm³/mol. The zero-order chi connectivity index (χ0) is 8.10.